The fourth-order valence-electron chi connectivity index (χ4n) is 2.38. The fourth-order valence-corrected chi connectivity index (χ4v) is 2.38. The summed E-state index contributed by atoms with van der Waals surface area (Å²) in [5.41, 5.74) is 1.22. The van der Waals surface area contributed by atoms with E-state index in [9.17, 15) is 0 Å². The lowest BCUT2D eigenvalue weighted by molar-refractivity contribution is -0.0321. The van der Waals surface area contributed by atoms with Gasteiger partial charge in [0.15, 0.2) is 0 Å². The fraction of sp³-hybridized carbons (Fsp3) is 0.571. The van der Waals surface area contributed by atoms with Crippen molar-refractivity contribution in [2.24, 2.45) is 0 Å². The third-order valence-corrected chi connectivity index (χ3v) is 3.55. The van der Waals surface area contributed by atoms with Crippen LogP contribution in [-0.2, 0) is 14.0 Å². The number of aryl methyl sites for hydroxylation is 1. The van der Waals surface area contributed by atoms with Crippen molar-refractivity contribution >= 4 is 7.32 Å². The molecule has 0 amide bonds. The SMILES string of the molecule is Cc1ccc(OC[C@@H]2CN3CCOB(OCC3)O2)cc1. The van der Waals surface area contributed by atoms with Gasteiger partial charge in [-0.05, 0) is 19.1 Å². The Hall–Kier alpha value is -1.08. The van der Waals surface area contributed by atoms with Gasteiger partial charge in [-0.15, -0.1) is 0 Å². The molecule has 0 aliphatic carbocycles. The lowest BCUT2D eigenvalue weighted by Gasteiger charge is -2.34. The first-order valence-electron chi connectivity index (χ1n) is 7.10. The minimum absolute atomic E-state index is 0.0399. The zero-order valence-electron chi connectivity index (χ0n) is 11.8. The third kappa shape index (κ3) is 3.73. The molecule has 3 aliphatic heterocycles. The first kappa shape index (κ1) is 13.9. The van der Waals surface area contributed by atoms with Crippen LogP contribution in [-0.4, -0.2) is 57.8 Å². The Labute approximate surface area is 119 Å². The van der Waals surface area contributed by atoms with Crippen LogP contribution in [0.25, 0.3) is 0 Å². The van der Waals surface area contributed by atoms with Gasteiger partial charge in [0.1, 0.15) is 12.4 Å². The molecule has 2 bridgehead atoms. The van der Waals surface area contributed by atoms with Crippen LogP contribution in [0.5, 0.6) is 5.75 Å². The van der Waals surface area contributed by atoms with Gasteiger partial charge in [0, 0.05) is 32.8 Å². The molecule has 1 atom stereocenters. The summed E-state index contributed by atoms with van der Waals surface area (Å²) in [4.78, 5) is 2.29. The molecule has 1 aromatic rings. The van der Waals surface area contributed by atoms with Crippen molar-refractivity contribution in [2.45, 2.75) is 13.0 Å². The van der Waals surface area contributed by atoms with Crippen molar-refractivity contribution in [3.05, 3.63) is 29.8 Å². The van der Waals surface area contributed by atoms with Crippen LogP contribution in [0.4, 0.5) is 0 Å². The molecule has 0 radical (unpaired) electrons. The lowest BCUT2D eigenvalue weighted by atomic mass is 10.1. The summed E-state index contributed by atoms with van der Waals surface area (Å²) >= 11 is 0. The van der Waals surface area contributed by atoms with Crippen LogP contribution in [0.1, 0.15) is 5.56 Å². The monoisotopic (exact) mass is 277 g/mol. The van der Waals surface area contributed by atoms with Crippen molar-refractivity contribution in [1.29, 1.82) is 0 Å². The van der Waals surface area contributed by atoms with E-state index in [0.29, 0.717) is 19.8 Å². The van der Waals surface area contributed by atoms with Crippen molar-refractivity contribution in [1.82, 2.24) is 4.90 Å². The first-order valence-corrected chi connectivity index (χ1v) is 7.10. The van der Waals surface area contributed by atoms with Crippen LogP contribution in [0, 0.1) is 6.92 Å². The number of ether oxygens (including phenoxy) is 1. The second-order valence-corrected chi connectivity index (χ2v) is 5.21. The molecule has 5 nitrogen and oxygen atoms in total. The molecular formula is C14H20BNO4. The van der Waals surface area contributed by atoms with Gasteiger partial charge >= 0.3 is 7.32 Å². The van der Waals surface area contributed by atoms with E-state index in [1.54, 1.807) is 0 Å². The van der Waals surface area contributed by atoms with Gasteiger partial charge in [0.2, 0.25) is 0 Å². The van der Waals surface area contributed by atoms with E-state index in [-0.39, 0.29) is 6.10 Å². The molecule has 1 aromatic carbocycles. The zero-order chi connectivity index (χ0) is 13.8. The van der Waals surface area contributed by atoms with E-state index in [0.717, 1.165) is 25.4 Å². The largest absolute Gasteiger partial charge is 0.639 e. The van der Waals surface area contributed by atoms with Gasteiger partial charge in [-0.3, -0.25) is 4.90 Å². The second kappa shape index (κ2) is 6.58. The minimum Gasteiger partial charge on any atom is -0.491 e. The topological polar surface area (TPSA) is 40.2 Å². The summed E-state index contributed by atoms with van der Waals surface area (Å²) in [7, 11) is -0.552. The second-order valence-electron chi connectivity index (χ2n) is 5.21. The van der Waals surface area contributed by atoms with Gasteiger partial charge in [-0.1, -0.05) is 17.7 Å². The Kier molecular flexibility index (Phi) is 4.57. The smallest absolute Gasteiger partial charge is 0.491 e. The molecule has 3 saturated heterocycles. The van der Waals surface area contributed by atoms with E-state index in [1.807, 2.05) is 24.3 Å². The van der Waals surface area contributed by atoms with Crippen LogP contribution >= 0.6 is 0 Å². The van der Waals surface area contributed by atoms with Crippen molar-refractivity contribution in [2.75, 3.05) is 39.5 Å². The van der Waals surface area contributed by atoms with E-state index in [4.69, 9.17) is 18.7 Å². The van der Waals surface area contributed by atoms with E-state index < -0.39 is 7.32 Å². The van der Waals surface area contributed by atoms with Crippen molar-refractivity contribution in [3.63, 3.8) is 0 Å². The standard InChI is InChI=1S/C14H20BNO4/c1-12-2-4-13(5-3-12)17-11-14-10-16-6-8-18-15(20-14)19-9-7-16/h2-5,14H,6-11H2,1H3/t14-/m0/s1. The molecule has 0 spiro atoms. The van der Waals surface area contributed by atoms with Crippen molar-refractivity contribution in [3.8, 4) is 5.75 Å². The molecule has 108 valence electrons. The van der Waals surface area contributed by atoms with Gasteiger partial charge in [0.25, 0.3) is 0 Å². The molecule has 0 saturated carbocycles. The maximum atomic E-state index is 5.80. The van der Waals surface area contributed by atoms with Crippen molar-refractivity contribution < 1.29 is 18.7 Å². The number of nitrogens with zero attached hydrogens (tertiary/aromatic N) is 1. The average Bonchev–Trinajstić information content (AvgIpc) is 2.37. The molecule has 20 heavy (non-hydrogen) atoms. The predicted molar refractivity (Wildman–Crippen MR) is 75.6 cm³/mol. The summed E-state index contributed by atoms with van der Waals surface area (Å²) in [5.74, 6) is 0.864. The zero-order valence-corrected chi connectivity index (χ0v) is 11.8. The van der Waals surface area contributed by atoms with Gasteiger partial charge in [-0.25, -0.2) is 0 Å². The Bertz CT molecular complexity index is 404. The van der Waals surface area contributed by atoms with Crippen LogP contribution in [0.15, 0.2) is 24.3 Å². The summed E-state index contributed by atoms with van der Waals surface area (Å²) < 4.78 is 22.6. The molecular weight excluding hydrogens is 257 g/mol. The lowest BCUT2D eigenvalue weighted by Crippen LogP contribution is -2.51. The maximum Gasteiger partial charge on any atom is 0.639 e. The van der Waals surface area contributed by atoms with Gasteiger partial charge in [0.05, 0.1) is 6.10 Å². The molecule has 3 fully saturated rings. The Morgan fingerprint density at radius 3 is 2.60 bits per heavy atom. The minimum atomic E-state index is -0.552. The molecule has 6 heteroatoms. The normalized spacial score (nSPS) is 26.8. The van der Waals surface area contributed by atoms with E-state index >= 15 is 0 Å². The first-order chi connectivity index (χ1) is 9.79. The third-order valence-electron chi connectivity index (χ3n) is 3.55. The highest BCUT2D eigenvalue weighted by Gasteiger charge is 2.32. The Balaban J connectivity index is 1.57. The number of hydrogen-bond acceptors (Lipinski definition) is 5. The number of fused-ring (bicyclic) bond motifs is 6. The summed E-state index contributed by atoms with van der Waals surface area (Å²) in [5, 5.41) is 0. The van der Waals surface area contributed by atoms with E-state index in [1.165, 1.54) is 5.56 Å². The molecule has 0 aromatic heterocycles. The summed E-state index contributed by atoms with van der Waals surface area (Å²) in [6, 6.07) is 8.04. The van der Waals surface area contributed by atoms with E-state index in [2.05, 4.69) is 11.8 Å². The predicted octanol–water partition coefficient (Wildman–Crippen LogP) is 1.11. The van der Waals surface area contributed by atoms with Crippen LogP contribution in [0.3, 0.4) is 0 Å². The molecule has 0 N–H and O–H groups in total. The Morgan fingerprint density at radius 2 is 1.90 bits per heavy atom. The number of hydrogen-bond donors (Lipinski definition) is 0. The average molecular weight is 277 g/mol. The maximum absolute atomic E-state index is 5.80. The number of benzene rings is 1. The number of rotatable bonds is 3. The van der Waals surface area contributed by atoms with Gasteiger partial charge in [-0.2, -0.15) is 0 Å². The summed E-state index contributed by atoms with van der Waals surface area (Å²) in [6.45, 7) is 6.56. The molecule has 4 rings (SSSR count). The molecule has 0 unspecified atom stereocenters. The molecule has 3 aliphatic rings. The van der Waals surface area contributed by atoms with Gasteiger partial charge < -0.3 is 18.7 Å². The summed E-state index contributed by atoms with van der Waals surface area (Å²) in [6.07, 6.45) is -0.0399. The van der Waals surface area contributed by atoms with Crippen LogP contribution < -0.4 is 4.74 Å². The highest BCUT2D eigenvalue weighted by molar-refractivity contribution is 6.36. The molecule has 3 heterocycles. The quantitative estimate of drug-likeness (QED) is 0.774. The van der Waals surface area contributed by atoms with Crippen LogP contribution in [0.2, 0.25) is 0 Å². The Morgan fingerprint density at radius 1 is 1.20 bits per heavy atom. The highest BCUT2D eigenvalue weighted by Crippen LogP contribution is 2.15. The highest BCUT2D eigenvalue weighted by atomic mass is 16.7.